The second-order valence-electron chi connectivity index (χ2n) is 3.80. The number of halogens is 1. The number of ether oxygens (including phenoxy) is 1. The lowest BCUT2D eigenvalue weighted by atomic mass is 10.1. The molecule has 0 amide bonds. The minimum Gasteiger partial charge on any atom is -0.485 e. The van der Waals surface area contributed by atoms with Crippen LogP contribution in [0, 0.1) is 0 Å². The highest BCUT2D eigenvalue weighted by Gasteiger charge is 2.08. The summed E-state index contributed by atoms with van der Waals surface area (Å²) in [5.41, 5.74) is 1.03. The topological polar surface area (TPSA) is 26.3 Å². The summed E-state index contributed by atoms with van der Waals surface area (Å²) in [4.78, 5) is 12.5. The van der Waals surface area contributed by atoms with E-state index >= 15 is 0 Å². The number of carbonyl (C=O) groups is 1. The normalized spacial score (nSPS) is 10.3. The third-order valence-corrected chi connectivity index (χ3v) is 3.84. The van der Waals surface area contributed by atoms with Crippen LogP contribution in [0.1, 0.15) is 22.2 Å². The maximum absolute atomic E-state index is 11.8. The first-order valence-electron chi connectivity index (χ1n) is 5.68. The van der Waals surface area contributed by atoms with Gasteiger partial charge >= 0.3 is 0 Å². The lowest BCUT2D eigenvalue weighted by Gasteiger charge is -2.07. The molecule has 0 aliphatic rings. The van der Waals surface area contributed by atoms with Crippen molar-refractivity contribution < 1.29 is 9.53 Å². The Kier molecular flexibility index (Phi) is 4.39. The SMILES string of the molecule is CCc1cc(OCC(=O)c2cccs2)ccc1Cl. The van der Waals surface area contributed by atoms with Crippen molar-refractivity contribution in [2.75, 3.05) is 6.61 Å². The molecule has 2 aromatic rings. The van der Waals surface area contributed by atoms with Crippen LogP contribution in [-0.4, -0.2) is 12.4 Å². The number of aryl methyl sites for hydroxylation is 1. The van der Waals surface area contributed by atoms with E-state index in [0.717, 1.165) is 21.9 Å². The summed E-state index contributed by atoms with van der Waals surface area (Å²) in [5, 5.41) is 2.61. The van der Waals surface area contributed by atoms with Crippen molar-refractivity contribution >= 4 is 28.7 Å². The summed E-state index contributed by atoms with van der Waals surface area (Å²) < 4.78 is 5.49. The standard InChI is InChI=1S/C14H13ClO2S/c1-2-10-8-11(5-6-12(10)15)17-9-13(16)14-4-3-7-18-14/h3-8H,2,9H2,1H3. The number of Topliss-reactive ketones (excluding diaryl/α,β-unsaturated/α-hetero) is 1. The first-order valence-corrected chi connectivity index (χ1v) is 6.94. The zero-order valence-electron chi connectivity index (χ0n) is 9.98. The third-order valence-electron chi connectivity index (χ3n) is 2.56. The van der Waals surface area contributed by atoms with Crippen molar-refractivity contribution in [3.63, 3.8) is 0 Å². The summed E-state index contributed by atoms with van der Waals surface area (Å²) in [6.45, 7) is 2.09. The van der Waals surface area contributed by atoms with Crippen LogP contribution in [0.3, 0.4) is 0 Å². The third kappa shape index (κ3) is 3.12. The lowest BCUT2D eigenvalue weighted by molar-refractivity contribution is 0.0925. The van der Waals surface area contributed by atoms with E-state index in [0.29, 0.717) is 5.75 Å². The van der Waals surface area contributed by atoms with Crippen molar-refractivity contribution in [3.05, 3.63) is 51.2 Å². The van der Waals surface area contributed by atoms with E-state index < -0.39 is 0 Å². The van der Waals surface area contributed by atoms with E-state index in [1.165, 1.54) is 11.3 Å². The first kappa shape index (κ1) is 13.1. The molecule has 0 unspecified atom stereocenters. The van der Waals surface area contributed by atoms with Crippen LogP contribution in [0.15, 0.2) is 35.7 Å². The molecule has 0 N–H and O–H groups in total. The molecule has 0 atom stereocenters. The highest BCUT2D eigenvalue weighted by Crippen LogP contribution is 2.22. The Morgan fingerprint density at radius 2 is 2.22 bits per heavy atom. The fraction of sp³-hybridized carbons (Fsp3) is 0.214. The van der Waals surface area contributed by atoms with Crippen LogP contribution in [0.25, 0.3) is 0 Å². The van der Waals surface area contributed by atoms with Gasteiger partial charge < -0.3 is 4.74 Å². The number of carbonyl (C=O) groups excluding carboxylic acids is 1. The Labute approximate surface area is 115 Å². The van der Waals surface area contributed by atoms with Gasteiger partial charge in [0, 0.05) is 5.02 Å². The molecule has 0 bridgehead atoms. The predicted octanol–water partition coefficient (Wildman–Crippen LogP) is 4.23. The van der Waals surface area contributed by atoms with E-state index in [4.69, 9.17) is 16.3 Å². The summed E-state index contributed by atoms with van der Waals surface area (Å²) in [5.74, 6) is 0.680. The number of ketones is 1. The molecular formula is C14H13ClO2S. The molecule has 1 aromatic heterocycles. The smallest absolute Gasteiger partial charge is 0.210 e. The van der Waals surface area contributed by atoms with Gasteiger partial charge in [-0.2, -0.15) is 0 Å². The van der Waals surface area contributed by atoms with Crippen LogP contribution in [-0.2, 0) is 6.42 Å². The molecule has 1 aromatic carbocycles. The average molecular weight is 281 g/mol. The van der Waals surface area contributed by atoms with E-state index in [2.05, 4.69) is 0 Å². The van der Waals surface area contributed by atoms with Gasteiger partial charge in [0.2, 0.25) is 5.78 Å². The molecule has 0 radical (unpaired) electrons. The number of hydrogen-bond acceptors (Lipinski definition) is 3. The average Bonchev–Trinajstić information content (AvgIpc) is 2.91. The molecule has 94 valence electrons. The van der Waals surface area contributed by atoms with Gasteiger partial charge in [-0.25, -0.2) is 0 Å². The highest BCUT2D eigenvalue weighted by atomic mass is 35.5. The second-order valence-corrected chi connectivity index (χ2v) is 5.15. The highest BCUT2D eigenvalue weighted by molar-refractivity contribution is 7.12. The lowest BCUT2D eigenvalue weighted by Crippen LogP contribution is -2.10. The van der Waals surface area contributed by atoms with Gasteiger partial charge in [0.05, 0.1) is 4.88 Å². The van der Waals surface area contributed by atoms with Crippen molar-refractivity contribution in [2.24, 2.45) is 0 Å². The molecule has 1 heterocycles. The van der Waals surface area contributed by atoms with Crippen LogP contribution < -0.4 is 4.74 Å². The maximum Gasteiger partial charge on any atom is 0.210 e. The second kappa shape index (κ2) is 6.03. The van der Waals surface area contributed by atoms with Crippen LogP contribution in [0.2, 0.25) is 5.02 Å². The number of hydrogen-bond donors (Lipinski definition) is 0. The van der Waals surface area contributed by atoms with Crippen molar-refractivity contribution in [1.82, 2.24) is 0 Å². The van der Waals surface area contributed by atoms with Crippen LogP contribution >= 0.6 is 22.9 Å². The molecule has 0 aliphatic carbocycles. The molecule has 2 nitrogen and oxygen atoms in total. The fourth-order valence-electron chi connectivity index (χ4n) is 1.57. The molecule has 4 heteroatoms. The minimum atomic E-state index is -0.00185. The van der Waals surface area contributed by atoms with E-state index in [1.54, 1.807) is 18.2 Å². The summed E-state index contributed by atoms with van der Waals surface area (Å²) in [7, 11) is 0. The molecular weight excluding hydrogens is 268 g/mol. The fourth-order valence-corrected chi connectivity index (χ4v) is 2.47. The van der Waals surface area contributed by atoms with Crippen molar-refractivity contribution in [2.45, 2.75) is 13.3 Å². The van der Waals surface area contributed by atoms with Crippen molar-refractivity contribution in [1.29, 1.82) is 0 Å². The largest absolute Gasteiger partial charge is 0.485 e. The van der Waals surface area contributed by atoms with Gasteiger partial charge in [-0.3, -0.25) is 4.79 Å². The molecule has 0 spiro atoms. The van der Waals surface area contributed by atoms with Crippen molar-refractivity contribution in [3.8, 4) is 5.75 Å². The first-order chi connectivity index (χ1) is 8.70. The zero-order valence-corrected chi connectivity index (χ0v) is 11.6. The summed E-state index contributed by atoms with van der Waals surface area (Å²) >= 11 is 7.45. The van der Waals surface area contributed by atoms with Gasteiger partial charge in [-0.05, 0) is 41.6 Å². The minimum absolute atomic E-state index is 0.00185. The number of benzene rings is 1. The van der Waals surface area contributed by atoms with Gasteiger partial charge in [0.25, 0.3) is 0 Å². The molecule has 0 aliphatic heterocycles. The summed E-state index contributed by atoms with van der Waals surface area (Å²) in [6.07, 6.45) is 0.842. The Morgan fingerprint density at radius 3 is 2.89 bits per heavy atom. The molecule has 18 heavy (non-hydrogen) atoms. The number of thiophene rings is 1. The summed E-state index contributed by atoms with van der Waals surface area (Å²) in [6, 6.07) is 9.11. The van der Waals surface area contributed by atoms with Gasteiger partial charge in [-0.15, -0.1) is 11.3 Å². The van der Waals surface area contributed by atoms with E-state index in [9.17, 15) is 4.79 Å². The molecule has 0 saturated carbocycles. The van der Waals surface area contributed by atoms with Crippen LogP contribution in [0.5, 0.6) is 5.75 Å². The number of rotatable bonds is 5. The predicted molar refractivity (Wildman–Crippen MR) is 75.0 cm³/mol. The Morgan fingerprint density at radius 1 is 1.39 bits per heavy atom. The maximum atomic E-state index is 11.8. The molecule has 0 fully saturated rings. The van der Waals surface area contributed by atoms with E-state index in [-0.39, 0.29) is 12.4 Å². The Hall–Kier alpha value is -1.32. The Balaban J connectivity index is 2.00. The zero-order chi connectivity index (χ0) is 13.0. The van der Waals surface area contributed by atoms with Gasteiger partial charge in [-0.1, -0.05) is 24.6 Å². The van der Waals surface area contributed by atoms with Crippen LogP contribution in [0.4, 0.5) is 0 Å². The van der Waals surface area contributed by atoms with E-state index in [1.807, 2.05) is 24.4 Å². The monoisotopic (exact) mass is 280 g/mol. The van der Waals surface area contributed by atoms with Gasteiger partial charge in [0.1, 0.15) is 5.75 Å². The van der Waals surface area contributed by atoms with Gasteiger partial charge in [0.15, 0.2) is 6.61 Å². The molecule has 2 rings (SSSR count). The molecule has 0 saturated heterocycles. The Bertz CT molecular complexity index is 535. The quantitative estimate of drug-likeness (QED) is 0.766.